The van der Waals surface area contributed by atoms with Gasteiger partial charge >= 0.3 is 0 Å². The summed E-state index contributed by atoms with van der Waals surface area (Å²) >= 11 is 3.24. The van der Waals surface area contributed by atoms with Crippen LogP contribution in [0.5, 0.6) is 0 Å². The second-order valence-corrected chi connectivity index (χ2v) is 9.17. The minimum Gasteiger partial charge on any atom is -0.467 e. The van der Waals surface area contributed by atoms with Gasteiger partial charge in [-0.15, -0.1) is 21.5 Å². The van der Waals surface area contributed by atoms with Crippen LogP contribution >= 0.6 is 23.1 Å². The Hall–Kier alpha value is -2.06. The third-order valence-electron chi connectivity index (χ3n) is 5.19. The molecule has 0 saturated heterocycles. The minimum atomic E-state index is -0.0526. The first-order valence-electron chi connectivity index (χ1n) is 9.57. The fourth-order valence-corrected chi connectivity index (χ4v) is 5.46. The van der Waals surface area contributed by atoms with E-state index in [2.05, 4.69) is 28.5 Å². The van der Waals surface area contributed by atoms with E-state index in [0.29, 0.717) is 12.3 Å². The van der Waals surface area contributed by atoms with Gasteiger partial charge in [-0.2, -0.15) is 0 Å². The molecule has 1 aliphatic rings. The molecule has 1 atom stereocenters. The number of fused-ring (bicyclic) bond motifs is 1. The molecule has 1 N–H and O–H groups in total. The summed E-state index contributed by atoms with van der Waals surface area (Å²) in [6.45, 7) is 2.68. The Morgan fingerprint density at radius 2 is 2.36 bits per heavy atom. The van der Waals surface area contributed by atoms with Gasteiger partial charge in [-0.05, 0) is 48.9 Å². The Morgan fingerprint density at radius 1 is 1.46 bits per heavy atom. The smallest absolute Gasteiger partial charge is 0.230 e. The molecule has 0 saturated carbocycles. The molecule has 1 unspecified atom stereocenters. The lowest BCUT2D eigenvalue weighted by atomic mass is 9.87. The van der Waals surface area contributed by atoms with Crippen LogP contribution in [0, 0.1) is 5.92 Å². The zero-order valence-electron chi connectivity index (χ0n) is 16.1. The summed E-state index contributed by atoms with van der Waals surface area (Å²) in [4.78, 5) is 14.7. The maximum absolute atomic E-state index is 12.1. The molecule has 28 heavy (non-hydrogen) atoms. The number of thioether (sulfide) groups is 1. The molecule has 0 aliphatic heterocycles. The summed E-state index contributed by atoms with van der Waals surface area (Å²) in [6.07, 6.45) is 6.49. The van der Waals surface area contributed by atoms with Crippen LogP contribution in [0.15, 0.2) is 34.0 Å². The summed E-state index contributed by atoms with van der Waals surface area (Å²) in [7, 11) is 1.96. The van der Waals surface area contributed by atoms with Crippen LogP contribution in [0.3, 0.4) is 0 Å². The van der Waals surface area contributed by atoms with Gasteiger partial charge in [0.1, 0.15) is 5.76 Å². The van der Waals surface area contributed by atoms with Crippen LogP contribution in [-0.2, 0) is 31.2 Å². The van der Waals surface area contributed by atoms with Gasteiger partial charge in [-0.1, -0.05) is 25.1 Å². The van der Waals surface area contributed by atoms with E-state index in [-0.39, 0.29) is 5.91 Å². The monoisotopic (exact) mass is 416 g/mol. The molecule has 1 aliphatic carbocycles. The van der Waals surface area contributed by atoms with E-state index in [0.717, 1.165) is 22.7 Å². The summed E-state index contributed by atoms with van der Waals surface area (Å²) < 4.78 is 7.20. The van der Waals surface area contributed by atoms with Crippen molar-refractivity contribution < 1.29 is 9.21 Å². The van der Waals surface area contributed by atoms with Crippen molar-refractivity contribution in [1.82, 2.24) is 20.1 Å². The number of carbonyl (C=O) groups is 1. The van der Waals surface area contributed by atoms with Crippen molar-refractivity contribution in [2.75, 3.05) is 5.75 Å². The molecule has 3 heterocycles. The predicted molar refractivity (Wildman–Crippen MR) is 111 cm³/mol. The number of nitrogens with zero attached hydrogens (tertiary/aromatic N) is 3. The molecular formula is C20H24N4O2S2. The minimum absolute atomic E-state index is 0.0526. The second-order valence-electron chi connectivity index (χ2n) is 7.09. The van der Waals surface area contributed by atoms with Gasteiger partial charge in [0.25, 0.3) is 0 Å². The van der Waals surface area contributed by atoms with Gasteiger partial charge < -0.3 is 14.3 Å². The number of amides is 1. The average Bonchev–Trinajstić information content (AvgIpc) is 3.43. The molecule has 4 rings (SSSR count). The molecule has 3 aromatic rings. The lowest BCUT2D eigenvalue weighted by Gasteiger charge is -2.19. The number of hydrogen-bond donors (Lipinski definition) is 1. The van der Waals surface area contributed by atoms with Crippen LogP contribution < -0.4 is 5.32 Å². The molecule has 6 nitrogen and oxygen atoms in total. The summed E-state index contributed by atoms with van der Waals surface area (Å²) in [5.74, 6) is 2.67. The van der Waals surface area contributed by atoms with Crippen molar-refractivity contribution in [2.45, 2.75) is 44.3 Å². The number of carbonyl (C=O) groups excluding carboxylic acids is 1. The number of aromatic nitrogens is 3. The SMILES string of the molecule is CCC1CCc2sc(-c3nnc(SCC(=O)NCc4ccco4)n3C)cc2C1. The zero-order valence-corrected chi connectivity index (χ0v) is 17.7. The molecule has 0 radical (unpaired) electrons. The predicted octanol–water partition coefficient (Wildman–Crippen LogP) is 4.06. The Bertz CT molecular complexity index is 946. The fourth-order valence-electron chi connectivity index (χ4n) is 3.49. The van der Waals surface area contributed by atoms with Gasteiger partial charge in [-0.3, -0.25) is 4.79 Å². The van der Waals surface area contributed by atoms with Gasteiger partial charge in [-0.25, -0.2) is 0 Å². The highest BCUT2D eigenvalue weighted by Crippen LogP contribution is 2.37. The molecular weight excluding hydrogens is 392 g/mol. The number of furan rings is 1. The fraction of sp³-hybridized carbons (Fsp3) is 0.450. The number of hydrogen-bond acceptors (Lipinski definition) is 6. The van der Waals surface area contributed by atoms with Crippen LogP contribution in [0.25, 0.3) is 10.7 Å². The molecule has 8 heteroatoms. The highest BCUT2D eigenvalue weighted by Gasteiger charge is 2.22. The van der Waals surface area contributed by atoms with E-state index in [1.165, 1.54) is 52.8 Å². The van der Waals surface area contributed by atoms with E-state index < -0.39 is 0 Å². The standard InChI is InChI=1S/C20H24N4O2S2/c1-3-13-6-7-16-14(9-13)10-17(28-16)19-22-23-20(24(19)2)27-12-18(25)21-11-15-5-4-8-26-15/h4-5,8,10,13H,3,6-7,9,11-12H2,1-2H3,(H,21,25). The third kappa shape index (κ3) is 4.17. The maximum Gasteiger partial charge on any atom is 0.230 e. The summed E-state index contributed by atoms with van der Waals surface area (Å²) in [5, 5.41) is 12.3. The number of aryl methyl sites for hydroxylation is 1. The third-order valence-corrected chi connectivity index (χ3v) is 7.44. The van der Waals surface area contributed by atoms with Crippen molar-refractivity contribution in [3.63, 3.8) is 0 Å². The Morgan fingerprint density at radius 3 is 3.14 bits per heavy atom. The van der Waals surface area contributed by atoms with Crippen molar-refractivity contribution in [3.05, 3.63) is 40.7 Å². The van der Waals surface area contributed by atoms with Crippen LogP contribution in [-0.4, -0.2) is 26.4 Å². The normalized spacial score (nSPS) is 16.1. The lowest BCUT2D eigenvalue weighted by Crippen LogP contribution is -2.24. The molecule has 0 spiro atoms. The Kier molecular flexibility index (Phi) is 5.87. The molecule has 3 aromatic heterocycles. The number of nitrogens with one attached hydrogen (secondary N) is 1. The van der Waals surface area contributed by atoms with Gasteiger partial charge in [0.05, 0.1) is 23.4 Å². The highest BCUT2D eigenvalue weighted by atomic mass is 32.2. The van der Waals surface area contributed by atoms with E-state index in [1.54, 1.807) is 6.26 Å². The quantitative estimate of drug-likeness (QED) is 0.588. The highest BCUT2D eigenvalue weighted by molar-refractivity contribution is 7.99. The lowest BCUT2D eigenvalue weighted by molar-refractivity contribution is -0.118. The zero-order chi connectivity index (χ0) is 19.5. The molecule has 0 bridgehead atoms. The van der Waals surface area contributed by atoms with Crippen molar-refractivity contribution in [3.8, 4) is 10.7 Å². The average molecular weight is 417 g/mol. The van der Waals surface area contributed by atoms with Crippen LogP contribution in [0.1, 0.15) is 36.0 Å². The van der Waals surface area contributed by atoms with Gasteiger partial charge in [0.15, 0.2) is 11.0 Å². The second kappa shape index (κ2) is 8.53. The van der Waals surface area contributed by atoms with E-state index in [9.17, 15) is 4.79 Å². The maximum atomic E-state index is 12.1. The van der Waals surface area contributed by atoms with Gasteiger partial charge in [0.2, 0.25) is 5.91 Å². The van der Waals surface area contributed by atoms with Crippen LogP contribution in [0.4, 0.5) is 0 Å². The summed E-state index contributed by atoms with van der Waals surface area (Å²) in [5.41, 5.74) is 1.48. The Labute approximate surface area is 172 Å². The van der Waals surface area contributed by atoms with Crippen molar-refractivity contribution in [1.29, 1.82) is 0 Å². The first kappa shape index (κ1) is 19.3. The topological polar surface area (TPSA) is 73.0 Å². The molecule has 1 amide bonds. The van der Waals surface area contributed by atoms with Crippen LogP contribution in [0.2, 0.25) is 0 Å². The van der Waals surface area contributed by atoms with E-state index in [1.807, 2.05) is 35.1 Å². The molecule has 0 fully saturated rings. The summed E-state index contributed by atoms with van der Waals surface area (Å²) in [6, 6.07) is 5.93. The van der Waals surface area contributed by atoms with Gasteiger partial charge in [0, 0.05) is 11.9 Å². The van der Waals surface area contributed by atoms with Crippen molar-refractivity contribution >= 4 is 29.0 Å². The molecule has 0 aromatic carbocycles. The first-order chi connectivity index (χ1) is 13.6. The van der Waals surface area contributed by atoms with E-state index >= 15 is 0 Å². The van der Waals surface area contributed by atoms with Crippen molar-refractivity contribution in [2.24, 2.45) is 13.0 Å². The Balaban J connectivity index is 1.38. The largest absolute Gasteiger partial charge is 0.467 e. The first-order valence-corrected chi connectivity index (χ1v) is 11.4. The number of thiophene rings is 1. The number of rotatable bonds is 7. The molecule has 148 valence electrons. The van der Waals surface area contributed by atoms with E-state index in [4.69, 9.17) is 4.42 Å².